The third-order valence-corrected chi connectivity index (χ3v) is 18.1. The Morgan fingerprint density at radius 1 is 0.362 bits per heavy atom. The van der Waals surface area contributed by atoms with E-state index < -0.39 is 13.3 Å². The predicted molar refractivity (Wildman–Crippen MR) is 204 cm³/mol. The molecular formula is C46H40Ge. The summed E-state index contributed by atoms with van der Waals surface area (Å²) < 4.78 is 3.20. The van der Waals surface area contributed by atoms with E-state index in [4.69, 9.17) is 0 Å². The molecular weight excluding hydrogens is 625 g/mol. The van der Waals surface area contributed by atoms with Crippen molar-refractivity contribution in [2.45, 2.75) is 37.2 Å². The quantitative estimate of drug-likeness (QED) is 0.155. The van der Waals surface area contributed by atoms with Gasteiger partial charge in [-0.05, 0) is 0 Å². The Labute approximate surface area is 282 Å². The van der Waals surface area contributed by atoms with Crippen LogP contribution in [0.3, 0.4) is 0 Å². The zero-order valence-corrected chi connectivity index (χ0v) is 29.8. The summed E-state index contributed by atoms with van der Waals surface area (Å²) in [5.74, 6) is 5.87. The van der Waals surface area contributed by atoms with Crippen molar-refractivity contribution < 1.29 is 0 Å². The molecule has 0 radical (unpaired) electrons. The van der Waals surface area contributed by atoms with Gasteiger partial charge in [-0.2, -0.15) is 0 Å². The van der Waals surface area contributed by atoms with Crippen LogP contribution in [0.2, 0.25) is 11.5 Å². The zero-order valence-electron chi connectivity index (χ0n) is 27.7. The minimum atomic E-state index is -2.93. The summed E-state index contributed by atoms with van der Waals surface area (Å²) in [6.07, 6.45) is 0. The molecule has 2 aliphatic rings. The van der Waals surface area contributed by atoms with Crippen LogP contribution in [0.15, 0.2) is 158 Å². The fraction of sp³-hybridized carbons (Fsp3) is 0.130. The third kappa shape index (κ3) is 4.81. The summed E-state index contributed by atoms with van der Waals surface area (Å²) in [6.45, 7) is 4.89. The van der Waals surface area contributed by atoms with E-state index in [0.29, 0.717) is 11.8 Å². The van der Waals surface area contributed by atoms with Gasteiger partial charge in [0.25, 0.3) is 0 Å². The number of allylic oxidation sites excluding steroid dienone is 2. The van der Waals surface area contributed by atoms with Crippen molar-refractivity contribution >= 4 is 44.4 Å². The van der Waals surface area contributed by atoms with E-state index in [0.717, 1.165) is 0 Å². The van der Waals surface area contributed by atoms with Crippen molar-refractivity contribution in [2.24, 2.45) is 0 Å². The molecule has 6 aromatic carbocycles. The second-order valence-corrected chi connectivity index (χ2v) is 22.7. The second kappa shape index (κ2) is 11.9. The Morgan fingerprint density at radius 2 is 0.681 bits per heavy atom. The van der Waals surface area contributed by atoms with Crippen molar-refractivity contribution in [3.8, 4) is 0 Å². The Bertz CT molecular complexity index is 2000. The van der Waals surface area contributed by atoms with Crippen molar-refractivity contribution in [1.29, 1.82) is 0 Å². The number of hydrogen-bond donors (Lipinski definition) is 0. The molecule has 0 heterocycles. The molecule has 0 aliphatic heterocycles. The Balaban J connectivity index is 1.32. The van der Waals surface area contributed by atoms with E-state index in [9.17, 15) is 0 Å². The topological polar surface area (TPSA) is 0 Å². The van der Waals surface area contributed by atoms with Crippen molar-refractivity contribution in [1.82, 2.24) is 0 Å². The molecule has 228 valence electrons. The molecule has 0 N–H and O–H groups in total. The molecule has 0 aromatic heterocycles. The summed E-state index contributed by atoms with van der Waals surface area (Å²) in [6, 6.07) is 58.6. The van der Waals surface area contributed by atoms with Gasteiger partial charge in [0.05, 0.1) is 0 Å². The molecule has 0 bridgehead atoms. The van der Waals surface area contributed by atoms with E-state index in [1.165, 1.54) is 66.8 Å². The van der Waals surface area contributed by atoms with E-state index in [1.54, 1.807) is 8.79 Å². The number of fused-ring (bicyclic) bond motifs is 2. The van der Waals surface area contributed by atoms with E-state index in [2.05, 4.69) is 183 Å². The van der Waals surface area contributed by atoms with Crippen LogP contribution in [0.5, 0.6) is 0 Å². The Morgan fingerprint density at radius 3 is 1.02 bits per heavy atom. The first-order chi connectivity index (χ1) is 23.0. The molecule has 0 amide bonds. The predicted octanol–water partition coefficient (Wildman–Crippen LogP) is 10.7. The normalized spacial score (nSPS) is 17.2. The van der Waals surface area contributed by atoms with Gasteiger partial charge in [0.2, 0.25) is 0 Å². The molecule has 2 unspecified atom stereocenters. The fourth-order valence-corrected chi connectivity index (χ4v) is 15.7. The van der Waals surface area contributed by atoms with Crippen LogP contribution in [0, 0.1) is 0 Å². The van der Waals surface area contributed by atoms with E-state index >= 15 is 0 Å². The Hall–Kier alpha value is -4.66. The van der Waals surface area contributed by atoms with Crippen molar-refractivity contribution in [3.05, 3.63) is 202 Å². The molecule has 0 nitrogen and oxygen atoms in total. The van der Waals surface area contributed by atoms with Crippen LogP contribution < -0.4 is 8.79 Å². The molecule has 0 fully saturated rings. The summed E-state index contributed by atoms with van der Waals surface area (Å²) in [4.78, 5) is 0. The van der Waals surface area contributed by atoms with Crippen LogP contribution in [0.25, 0.3) is 22.3 Å². The standard InChI is InChI=1S/C46H40Ge/c1-31-41(33-19-9-5-10-20-33)45(35-23-13-7-14-24-35)37-27-17-29-39(43(31)37)47(3,4)40-30-18-28-38-44(40)32(2)42(34-21-11-6-12-22-34)46(38)36-25-15-8-16-26-36/h5-32H,1-4H3. The minimum absolute atomic E-state index is 0.302. The first-order valence-corrected chi connectivity index (χ1v) is 23.2. The first-order valence-electron chi connectivity index (χ1n) is 16.9. The van der Waals surface area contributed by atoms with Gasteiger partial charge in [0, 0.05) is 0 Å². The first kappa shape index (κ1) is 29.7. The van der Waals surface area contributed by atoms with Crippen LogP contribution >= 0.6 is 0 Å². The Kier molecular flexibility index (Phi) is 7.50. The van der Waals surface area contributed by atoms with Crippen LogP contribution in [-0.2, 0) is 0 Å². The van der Waals surface area contributed by atoms with E-state index in [-0.39, 0.29) is 0 Å². The average molecular weight is 665 g/mol. The maximum absolute atomic E-state index is 2.93. The molecule has 47 heavy (non-hydrogen) atoms. The van der Waals surface area contributed by atoms with Gasteiger partial charge in [-0.3, -0.25) is 0 Å². The molecule has 2 atom stereocenters. The fourth-order valence-electron chi connectivity index (χ4n) is 8.60. The van der Waals surface area contributed by atoms with Crippen molar-refractivity contribution in [2.75, 3.05) is 0 Å². The summed E-state index contributed by atoms with van der Waals surface area (Å²) in [7, 11) is 0. The van der Waals surface area contributed by atoms with Gasteiger partial charge in [-0.1, -0.05) is 0 Å². The van der Waals surface area contributed by atoms with E-state index in [1.807, 2.05) is 0 Å². The average Bonchev–Trinajstić information content (AvgIpc) is 3.60. The number of hydrogen-bond acceptors (Lipinski definition) is 0. The van der Waals surface area contributed by atoms with Crippen LogP contribution in [0.1, 0.15) is 70.2 Å². The summed E-state index contributed by atoms with van der Waals surface area (Å²) >= 11 is -2.93. The van der Waals surface area contributed by atoms with Gasteiger partial charge in [0.15, 0.2) is 0 Å². The molecule has 6 aromatic rings. The summed E-state index contributed by atoms with van der Waals surface area (Å²) in [5.41, 5.74) is 16.8. The second-order valence-electron chi connectivity index (χ2n) is 13.6. The van der Waals surface area contributed by atoms with Crippen molar-refractivity contribution in [3.63, 3.8) is 0 Å². The van der Waals surface area contributed by atoms with Crippen LogP contribution in [-0.4, -0.2) is 13.3 Å². The molecule has 0 spiro atoms. The number of rotatable bonds is 6. The molecule has 0 saturated heterocycles. The SMILES string of the molecule is CC1C(c2ccccc2)=C(c2ccccc2)c2ccc[c]([Ge]([CH3])([CH3])[c]3cccc4c3C(C)C(c3ccccc3)=C4c3ccccc3)c21. The van der Waals surface area contributed by atoms with Gasteiger partial charge in [-0.25, -0.2) is 0 Å². The van der Waals surface area contributed by atoms with Crippen LogP contribution in [0.4, 0.5) is 0 Å². The maximum atomic E-state index is 2.63. The molecule has 1 heteroatoms. The van der Waals surface area contributed by atoms with Gasteiger partial charge in [0.1, 0.15) is 0 Å². The van der Waals surface area contributed by atoms with Gasteiger partial charge < -0.3 is 0 Å². The molecule has 2 aliphatic carbocycles. The van der Waals surface area contributed by atoms with Gasteiger partial charge in [-0.15, -0.1) is 0 Å². The molecule has 8 rings (SSSR count). The number of benzene rings is 6. The zero-order chi connectivity index (χ0) is 32.1. The summed E-state index contributed by atoms with van der Waals surface area (Å²) in [5, 5.41) is 0. The van der Waals surface area contributed by atoms with Gasteiger partial charge >= 0.3 is 284 Å². The molecule has 0 saturated carbocycles. The third-order valence-electron chi connectivity index (χ3n) is 10.7. The monoisotopic (exact) mass is 666 g/mol.